The molecule has 2 aromatic heterocycles. The van der Waals surface area contributed by atoms with Crippen molar-refractivity contribution in [3.63, 3.8) is 0 Å². The van der Waals surface area contributed by atoms with E-state index in [2.05, 4.69) is 9.97 Å². The van der Waals surface area contributed by atoms with Crippen molar-refractivity contribution in [3.8, 4) is 0 Å². The second-order valence-corrected chi connectivity index (χ2v) is 6.44. The van der Waals surface area contributed by atoms with E-state index in [1.165, 1.54) is 7.05 Å². The van der Waals surface area contributed by atoms with Crippen molar-refractivity contribution in [2.45, 2.75) is 32.3 Å². The Morgan fingerprint density at radius 2 is 1.95 bits per heavy atom. The lowest BCUT2D eigenvalue weighted by Crippen LogP contribution is -2.27. The van der Waals surface area contributed by atoms with Gasteiger partial charge in [-0.1, -0.05) is 6.07 Å². The van der Waals surface area contributed by atoms with Crippen LogP contribution in [0.3, 0.4) is 0 Å². The van der Waals surface area contributed by atoms with Crippen LogP contribution >= 0.6 is 0 Å². The molecule has 0 amide bonds. The largest absolute Gasteiger partial charge is 0.334 e. The first-order valence-electron chi connectivity index (χ1n) is 6.32. The summed E-state index contributed by atoms with van der Waals surface area (Å²) in [5.74, 6) is 1.06. The van der Waals surface area contributed by atoms with Crippen molar-refractivity contribution in [1.29, 1.82) is 0 Å². The molecule has 0 atom stereocenters. The van der Waals surface area contributed by atoms with Gasteiger partial charge in [0.25, 0.3) is 10.0 Å². The third-order valence-electron chi connectivity index (χ3n) is 3.12. The minimum atomic E-state index is -3.68. The summed E-state index contributed by atoms with van der Waals surface area (Å²) in [6, 6.07) is 5.26. The fraction of sp³-hybridized carbons (Fsp3) is 0.385. The van der Waals surface area contributed by atoms with Crippen LogP contribution in [0.5, 0.6) is 0 Å². The Morgan fingerprint density at radius 1 is 1.25 bits per heavy atom. The van der Waals surface area contributed by atoms with Gasteiger partial charge in [0.1, 0.15) is 11.6 Å². The smallest absolute Gasteiger partial charge is 0.284 e. The van der Waals surface area contributed by atoms with Crippen LogP contribution in [0, 0.1) is 13.8 Å². The second-order valence-electron chi connectivity index (χ2n) is 4.52. The second kappa shape index (κ2) is 5.24. The normalized spacial score (nSPS) is 11.6. The number of aromatic nitrogens is 3. The lowest BCUT2D eigenvalue weighted by Gasteiger charge is -2.17. The number of hydrogen-bond donors (Lipinski definition) is 0. The summed E-state index contributed by atoms with van der Waals surface area (Å²) < 4.78 is 28.0. The molecule has 0 aliphatic rings. The summed E-state index contributed by atoms with van der Waals surface area (Å²) in [6.45, 7) is 6.23. The summed E-state index contributed by atoms with van der Waals surface area (Å²) in [5, 5.41) is 0.0441. The molecule has 20 heavy (non-hydrogen) atoms. The minimum absolute atomic E-state index is 0.0441. The lowest BCUT2D eigenvalue weighted by molar-refractivity contribution is 0.590. The molecule has 2 heterocycles. The highest BCUT2D eigenvalue weighted by molar-refractivity contribution is 7.92. The monoisotopic (exact) mass is 294 g/mol. The molecular weight excluding hydrogens is 276 g/mol. The van der Waals surface area contributed by atoms with Gasteiger partial charge >= 0.3 is 0 Å². The number of hydrogen-bond acceptors (Lipinski definition) is 4. The third-order valence-corrected chi connectivity index (χ3v) is 4.75. The van der Waals surface area contributed by atoms with Gasteiger partial charge in [0.2, 0.25) is 0 Å². The van der Waals surface area contributed by atoms with Crippen molar-refractivity contribution in [2.24, 2.45) is 0 Å². The third kappa shape index (κ3) is 2.53. The molecule has 0 N–H and O–H groups in total. The highest BCUT2D eigenvalue weighted by atomic mass is 32.2. The molecule has 0 saturated heterocycles. The topological polar surface area (TPSA) is 68.1 Å². The van der Waals surface area contributed by atoms with E-state index in [1.807, 2.05) is 19.9 Å². The van der Waals surface area contributed by atoms with E-state index in [1.54, 1.807) is 29.8 Å². The van der Waals surface area contributed by atoms with Crippen molar-refractivity contribution in [2.75, 3.05) is 11.4 Å². The van der Waals surface area contributed by atoms with E-state index in [9.17, 15) is 8.42 Å². The van der Waals surface area contributed by atoms with E-state index in [0.29, 0.717) is 18.2 Å². The molecule has 2 aromatic rings. The Labute approximate surface area is 119 Å². The van der Waals surface area contributed by atoms with Gasteiger partial charge in [0.05, 0.1) is 0 Å². The standard InChI is InChI=1S/C13H18N4O2S/c1-5-17-9-13(15-11(17)3)20(18,19)16(4)12-8-6-7-10(2)14-12/h6-9H,5H2,1-4H3. The van der Waals surface area contributed by atoms with E-state index in [-0.39, 0.29) is 5.03 Å². The van der Waals surface area contributed by atoms with Gasteiger partial charge in [0, 0.05) is 25.5 Å². The number of imidazole rings is 1. The van der Waals surface area contributed by atoms with Crippen LogP contribution in [0.25, 0.3) is 0 Å². The molecule has 0 aliphatic heterocycles. The molecular formula is C13H18N4O2S. The minimum Gasteiger partial charge on any atom is -0.334 e. The Balaban J connectivity index is 2.43. The van der Waals surface area contributed by atoms with Crippen LogP contribution < -0.4 is 4.31 Å². The average Bonchev–Trinajstić information content (AvgIpc) is 2.79. The molecule has 2 rings (SSSR count). The van der Waals surface area contributed by atoms with Crippen molar-refractivity contribution in [1.82, 2.24) is 14.5 Å². The average molecular weight is 294 g/mol. The van der Waals surface area contributed by atoms with E-state index in [0.717, 1.165) is 10.00 Å². The number of nitrogens with zero attached hydrogens (tertiary/aromatic N) is 4. The number of sulfonamides is 1. The highest BCUT2D eigenvalue weighted by Gasteiger charge is 2.25. The first-order valence-corrected chi connectivity index (χ1v) is 7.76. The summed E-state index contributed by atoms with van der Waals surface area (Å²) in [5.41, 5.74) is 0.764. The van der Waals surface area contributed by atoms with Gasteiger partial charge in [0.15, 0.2) is 5.03 Å². The molecule has 0 fully saturated rings. The van der Waals surface area contributed by atoms with Crippen LogP contribution in [0.15, 0.2) is 29.4 Å². The maximum Gasteiger partial charge on any atom is 0.284 e. The molecule has 0 spiro atoms. The van der Waals surface area contributed by atoms with Crippen LogP contribution in [-0.2, 0) is 16.6 Å². The molecule has 0 aliphatic carbocycles. The SMILES string of the molecule is CCn1cc(S(=O)(=O)N(C)c2cccc(C)n2)nc1C. The van der Waals surface area contributed by atoms with Crippen molar-refractivity contribution >= 4 is 15.8 Å². The first kappa shape index (κ1) is 14.5. The zero-order chi connectivity index (χ0) is 14.9. The maximum absolute atomic E-state index is 12.5. The van der Waals surface area contributed by atoms with Crippen molar-refractivity contribution in [3.05, 3.63) is 35.9 Å². The van der Waals surface area contributed by atoms with Gasteiger partial charge in [-0.25, -0.2) is 9.97 Å². The lowest BCUT2D eigenvalue weighted by atomic mass is 10.4. The van der Waals surface area contributed by atoms with Gasteiger partial charge < -0.3 is 4.57 Å². The number of pyridine rings is 1. The highest BCUT2D eigenvalue weighted by Crippen LogP contribution is 2.20. The van der Waals surface area contributed by atoms with E-state index in [4.69, 9.17) is 0 Å². The Bertz CT molecular complexity index is 722. The molecule has 6 nitrogen and oxygen atoms in total. The van der Waals surface area contributed by atoms with Crippen LogP contribution in [0.1, 0.15) is 18.4 Å². The van der Waals surface area contributed by atoms with Gasteiger partial charge in [-0.05, 0) is 32.9 Å². The molecule has 108 valence electrons. The number of rotatable bonds is 4. The van der Waals surface area contributed by atoms with E-state index < -0.39 is 10.0 Å². The molecule has 0 unspecified atom stereocenters. The molecule has 0 radical (unpaired) electrons. The predicted molar refractivity (Wildman–Crippen MR) is 77.2 cm³/mol. The van der Waals surface area contributed by atoms with Crippen molar-refractivity contribution < 1.29 is 8.42 Å². The summed E-state index contributed by atoms with van der Waals surface area (Å²) in [4.78, 5) is 8.35. The summed E-state index contributed by atoms with van der Waals surface area (Å²) in [7, 11) is -2.20. The number of aryl methyl sites for hydroxylation is 3. The van der Waals surface area contributed by atoms with Gasteiger partial charge in [-0.2, -0.15) is 8.42 Å². The van der Waals surface area contributed by atoms with Gasteiger partial charge in [-0.3, -0.25) is 4.31 Å². The Kier molecular flexibility index (Phi) is 3.80. The Hall–Kier alpha value is -1.89. The maximum atomic E-state index is 12.5. The molecule has 0 bridgehead atoms. The molecule has 7 heteroatoms. The quantitative estimate of drug-likeness (QED) is 0.861. The molecule has 0 saturated carbocycles. The van der Waals surface area contributed by atoms with Crippen LogP contribution in [-0.4, -0.2) is 30.0 Å². The fourth-order valence-corrected chi connectivity index (χ4v) is 3.03. The zero-order valence-corrected chi connectivity index (χ0v) is 12.8. The number of anilines is 1. The van der Waals surface area contributed by atoms with Crippen LogP contribution in [0.4, 0.5) is 5.82 Å². The van der Waals surface area contributed by atoms with Crippen LogP contribution in [0.2, 0.25) is 0 Å². The van der Waals surface area contributed by atoms with E-state index >= 15 is 0 Å². The molecule has 0 aromatic carbocycles. The van der Waals surface area contributed by atoms with Gasteiger partial charge in [-0.15, -0.1) is 0 Å². The first-order chi connectivity index (χ1) is 9.36. The summed E-state index contributed by atoms with van der Waals surface area (Å²) in [6.07, 6.45) is 1.55. The predicted octanol–water partition coefficient (Wildman–Crippen LogP) is 1.74. The summed E-state index contributed by atoms with van der Waals surface area (Å²) >= 11 is 0. The fourth-order valence-electron chi connectivity index (χ4n) is 1.89. The Morgan fingerprint density at radius 3 is 2.50 bits per heavy atom. The zero-order valence-electron chi connectivity index (χ0n) is 12.0.